The molecule has 0 radical (unpaired) electrons. The SMILES string of the molecule is O=c1cnc2c(NC(CO)CO)nc(S(=O)(=O)Cc3cccc(F)c3F)nc2[nH]1. The van der Waals surface area contributed by atoms with Crippen LogP contribution in [0.5, 0.6) is 0 Å². The molecule has 0 fully saturated rings. The van der Waals surface area contributed by atoms with Crippen molar-refractivity contribution in [2.24, 2.45) is 0 Å². The molecule has 0 saturated carbocycles. The number of anilines is 1. The third-order valence-corrected chi connectivity index (χ3v) is 5.28. The van der Waals surface area contributed by atoms with Crippen molar-refractivity contribution in [1.82, 2.24) is 19.9 Å². The minimum Gasteiger partial charge on any atom is -0.394 e. The Bertz CT molecular complexity index is 1210. The maximum atomic E-state index is 13.9. The van der Waals surface area contributed by atoms with E-state index in [0.717, 1.165) is 24.4 Å². The van der Waals surface area contributed by atoms with Crippen molar-refractivity contribution in [3.05, 3.63) is 51.9 Å². The summed E-state index contributed by atoms with van der Waals surface area (Å²) in [7, 11) is -4.37. The molecule has 4 N–H and O–H groups in total. The molecule has 0 bridgehead atoms. The first-order chi connectivity index (χ1) is 13.7. The van der Waals surface area contributed by atoms with Gasteiger partial charge in [0.05, 0.1) is 31.2 Å². The smallest absolute Gasteiger partial charge is 0.268 e. The summed E-state index contributed by atoms with van der Waals surface area (Å²) in [5, 5.41) is 20.3. The zero-order chi connectivity index (χ0) is 21.2. The lowest BCUT2D eigenvalue weighted by Gasteiger charge is -2.15. The Balaban J connectivity index is 2.12. The molecule has 0 spiro atoms. The van der Waals surface area contributed by atoms with Gasteiger partial charge in [-0.25, -0.2) is 22.2 Å². The normalized spacial score (nSPS) is 11.9. The number of aromatic amines is 1. The number of sulfone groups is 1. The van der Waals surface area contributed by atoms with Gasteiger partial charge in [-0.05, 0) is 6.07 Å². The third-order valence-electron chi connectivity index (χ3n) is 3.85. The standard InChI is InChI=1S/C16H15F2N5O5S/c17-10-3-1-2-8(12(10)18)7-29(27,28)16-22-14(20-9(5-24)6-25)13-15(23-16)21-11(26)4-19-13/h1-4,9,24-25H,5-7H2,(H2,20,21,22,23,26). The predicted octanol–water partition coefficient (Wildman–Crippen LogP) is -0.270. The number of halogens is 2. The fourth-order valence-electron chi connectivity index (χ4n) is 2.43. The monoisotopic (exact) mass is 427 g/mol. The first-order valence-corrected chi connectivity index (χ1v) is 9.81. The average Bonchev–Trinajstić information content (AvgIpc) is 2.68. The van der Waals surface area contributed by atoms with Crippen molar-refractivity contribution in [3.8, 4) is 0 Å². The van der Waals surface area contributed by atoms with Crippen LogP contribution in [0.15, 0.2) is 34.3 Å². The molecular weight excluding hydrogens is 412 g/mol. The maximum absolute atomic E-state index is 13.9. The molecule has 10 nitrogen and oxygen atoms in total. The van der Waals surface area contributed by atoms with Crippen LogP contribution in [0, 0.1) is 11.6 Å². The first-order valence-electron chi connectivity index (χ1n) is 8.16. The van der Waals surface area contributed by atoms with Crippen molar-refractivity contribution in [2.45, 2.75) is 17.0 Å². The second-order valence-electron chi connectivity index (χ2n) is 5.98. The number of fused-ring (bicyclic) bond motifs is 1. The first kappa shape index (κ1) is 20.7. The van der Waals surface area contributed by atoms with Gasteiger partial charge < -0.3 is 20.5 Å². The van der Waals surface area contributed by atoms with E-state index in [1.165, 1.54) is 0 Å². The molecule has 2 aromatic heterocycles. The van der Waals surface area contributed by atoms with E-state index in [4.69, 9.17) is 0 Å². The molecular formula is C16H15F2N5O5S. The van der Waals surface area contributed by atoms with Gasteiger partial charge in [-0.1, -0.05) is 12.1 Å². The van der Waals surface area contributed by atoms with E-state index in [1.807, 2.05) is 0 Å². The minimum atomic E-state index is -4.37. The lowest BCUT2D eigenvalue weighted by Crippen LogP contribution is -2.29. The Kier molecular flexibility index (Phi) is 5.81. The topological polar surface area (TPSA) is 158 Å². The maximum Gasteiger partial charge on any atom is 0.268 e. The molecule has 0 aliphatic heterocycles. The number of aliphatic hydroxyl groups excluding tert-OH is 2. The molecule has 29 heavy (non-hydrogen) atoms. The Labute approximate surface area is 162 Å². The van der Waals surface area contributed by atoms with Crippen LogP contribution < -0.4 is 10.9 Å². The van der Waals surface area contributed by atoms with Crippen molar-refractivity contribution in [2.75, 3.05) is 18.5 Å². The van der Waals surface area contributed by atoms with E-state index in [1.54, 1.807) is 0 Å². The summed E-state index contributed by atoms with van der Waals surface area (Å²) in [4.78, 5) is 25.3. The summed E-state index contributed by atoms with van der Waals surface area (Å²) in [6.45, 7) is -1.02. The summed E-state index contributed by atoms with van der Waals surface area (Å²) >= 11 is 0. The van der Waals surface area contributed by atoms with Crippen molar-refractivity contribution < 1.29 is 27.4 Å². The van der Waals surface area contributed by atoms with E-state index in [0.29, 0.717) is 0 Å². The Morgan fingerprint density at radius 2 is 1.90 bits per heavy atom. The summed E-state index contributed by atoms with van der Waals surface area (Å²) < 4.78 is 52.7. The van der Waals surface area contributed by atoms with Crippen LogP contribution in [0.3, 0.4) is 0 Å². The fourth-order valence-corrected chi connectivity index (χ4v) is 3.65. The summed E-state index contributed by atoms with van der Waals surface area (Å²) in [5.74, 6) is -3.64. The average molecular weight is 427 g/mol. The van der Waals surface area contributed by atoms with E-state index in [-0.39, 0.29) is 17.0 Å². The number of hydrogen-bond donors (Lipinski definition) is 4. The highest BCUT2D eigenvalue weighted by molar-refractivity contribution is 7.90. The van der Waals surface area contributed by atoms with Crippen LogP contribution in [0.4, 0.5) is 14.6 Å². The molecule has 13 heteroatoms. The predicted molar refractivity (Wildman–Crippen MR) is 96.8 cm³/mol. The highest BCUT2D eigenvalue weighted by atomic mass is 32.2. The van der Waals surface area contributed by atoms with Crippen LogP contribution in [-0.4, -0.2) is 57.8 Å². The second kappa shape index (κ2) is 8.14. The summed E-state index contributed by atoms with van der Waals surface area (Å²) in [5.41, 5.74) is -1.34. The van der Waals surface area contributed by atoms with E-state index >= 15 is 0 Å². The fraction of sp³-hybridized carbons (Fsp3) is 0.250. The van der Waals surface area contributed by atoms with Crippen molar-refractivity contribution in [1.29, 1.82) is 0 Å². The van der Waals surface area contributed by atoms with Gasteiger partial charge in [0, 0.05) is 5.56 Å². The van der Waals surface area contributed by atoms with Gasteiger partial charge in [0.2, 0.25) is 9.84 Å². The number of nitrogens with zero attached hydrogens (tertiary/aromatic N) is 3. The van der Waals surface area contributed by atoms with Gasteiger partial charge in [0.15, 0.2) is 23.1 Å². The molecule has 0 saturated heterocycles. The summed E-state index contributed by atoms with van der Waals surface area (Å²) in [6.07, 6.45) is 0.917. The number of hydrogen-bond acceptors (Lipinski definition) is 9. The Morgan fingerprint density at radius 3 is 2.59 bits per heavy atom. The lowest BCUT2D eigenvalue weighted by molar-refractivity contribution is 0.203. The van der Waals surface area contributed by atoms with Crippen LogP contribution in [0.1, 0.15) is 5.56 Å². The van der Waals surface area contributed by atoms with Gasteiger partial charge in [0.1, 0.15) is 5.52 Å². The van der Waals surface area contributed by atoms with Gasteiger partial charge in [-0.15, -0.1) is 0 Å². The minimum absolute atomic E-state index is 0.0209. The second-order valence-corrected chi connectivity index (χ2v) is 7.86. The molecule has 0 amide bonds. The van der Waals surface area contributed by atoms with Crippen LogP contribution in [-0.2, 0) is 15.6 Å². The molecule has 3 rings (SSSR count). The Hall–Kier alpha value is -3.03. The highest BCUT2D eigenvalue weighted by Crippen LogP contribution is 2.22. The molecule has 0 aliphatic rings. The number of rotatable bonds is 7. The van der Waals surface area contributed by atoms with Gasteiger partial charge >= 0.3 is 0 Å². The van der Waals surface area contributed by atoms with Crippen LogP contribution in [0.25, 0.3) is 11.2 Å². The van der Waals surface area contributed by atoms with Gasteiger partial charge in [-0.3, -0.25) is 4.79 Å². The number of benzene rings is 1. The number of H-pyrrole nitrogens is 1. The lowest BCUT2D eigenvalue weighted by atomic mass is 10.2. The van der Waals surface area contributed by atoms with Gasteiger partial charge in [-0.2, -0.15) is 9.97 Å². The van der Waals surface area contributed by atoms with E-state index in [9.17, 15) is 32.2 Å². The van der Waals surface area contributed by atoms with Crippen LogP contribution in [0.2, 0.25) is 0 Å². The molecule has 3 aromatic rings. The Morgan fingerprint density at radius 1 is 1.17 bits per heavy atom. The van der Waals surface area contributed by atoms with Crippen LogP contribution >= 0.6 is 0 Å². The van der Waals surface area contributed by atoms with E-state index in [2.05, 4.69) is 25.3 Å². The molecule has 154 valence electrons. The number of aromatic nitrogens is 4. The molecule has 2 heterocycles. The van der Waals surface area contributed by atoms with Crippen molar-refractivity contribution >= 4 is 26.8 Å². The quantitative estimate of drug-likeness (QED) is 0.372. The molecule has 0 unspecified atom stereocenters. The van der Waals surface area contributed by atoms with Crippen molar-refractivity contribution in [3.63, 3.8) is 0 Å². The highest BCUT2D eigenvalue weighted by Gasteiger charge is 2.25. The van der Waals surface area contributed by atoms with E-state index < -0.39 is 62.8 Å². The number of nitrogens with one attached hydrogen (secondary N) is 2. The zero-order valence-electron chi connectivity index (χ0n) is 14.6. The van der Waals surface area contributed by atoms with Gasteiger partial charge in [0.25, 0.3) is 10.7 Å². The molecule has 0 atom stereocenters. The third kappa shape index (κ3) is 4.36. The zero-order valence-corrected chi connectivity index (χ0v) is 15.4. The molecule has 0 aliphatic carbocycles. The largest absolute Gasteiger partial charge is 0.394 e. The number of aliphatic hydroxyl groups is 2. The molecule has 1 aromatic carbocycles. The summed E-state index contributed by atoms with van der Waals surface area (Å²) in [6, 6.07) is 2.21.